The van der Waals surface area contributed by atoms with E-state index in [1.54, 1.807) is 18.2 Å². The number of nitrogen functional groups attached to an aromatic ring is 1. The monoisotopic (exact) mass is 276 g/mol. The van der Waals surface area contributed by atoms with Crippen LogP contribution in [-0.4, -0.2) is 19.1 Å². The van der Waals surface area contributed by atoms with Gasteiger partial charge < -0.3 is 15.8 Å². The molecule has 0 amide bonds. The summed E-state index contributed by atoms with van der Waals surface area (Å²) in [5, 5.41) is 3.50. The summed E-state index contributed by atoms with van der Waals surface area (Å²) in [7, 11) is 1.39. The van der Waals surface area contributed by atoms with Crippen molar-refractivity contribution < 1.29 is 9.53 Å². The maximum absolute atomic E-state index is 11.6. The molecule has 20 heavy (non-hydrogen) atoms. The topological polar surface area (TPSA) is 64.3 Å². The number of hydrogen-bond acceptors (Lipinski definition) is 4. The fraction of sp³-hybridized carbons (Fsp3) is 0.562. The number of benzene rings is 1. The molecular weight excluding hydrogens is 252 g/mol. The SMILES string of the molecule is COC(=O)c1ccc(N)c(NC2CC(C)CC(C)C2)c1. The number of carbonyl (C=O) groups excluding carboxylic acids is 1. The first-order valence-electron chi connectivity index (χ1n) is 7.24. The van der Waals surface area contributed by atoms with Gasteiger partial charge in [0.25, 0.3) is 0 Å². The van der Waals surface area contributed by atoms with Gasteiger partial charge in [0.15, 0.2) is 0 Å². The number of ether oxygens (including phenoxy) is 1. The third-order valence-corrected chi connectivity index (χ3v) is 4.01. The Morgan fingerprint density at radius 3 is 2.50 bits per heavy atom. The van der Waals surface area contributed by atoms with Gasteiger partial charge in [-0.1, -0.05) is 13.8 Å². The summed E-state index contributed by atoms with van der Waals surface area (Å²) in [4.78, 5) is 11.6. The van der Waals surface area contributed by atoms with Crippen molar-refractivity contribution >= 4 is 17.3 Å². The number of nitrogens with two attached hydrogens (primary N) is 1. The number of anilines is 2. The largest absolute Gasteiger partial charge is 0.465 e. The van der Waals surface area contributed by atoms with Crippen LogP contribution in [0, 0.1) is 11.8 Å². The van der Waals surface area contributed by atoms with Crippen molar-refractivity contribution in [2.45, 2.75) is 39.2 Å². The van der Waals surface area contributed by atoms with Crippen LogP contribution in [0.15, 0.2) is 18.2 Å². The van der Waals surface area contributed by atoms with E-state index in [1.807, 2.05) is 0 Å². The van der Waals surface area contributed by atoms with E-state index in [0.29, 0.717) is 17.3 Å². The zero-order valence-corrected chi connectivity index (χ0v) is 12.5. The van der Waals surface area contributed by atoms with Gasteiger partial charge in [-0.3, -0.25) is 0 Å². The number of nitrogens with one attached hydrogen (secondary N) is 1. The summed E-state index contributed by atoms with van der Waals surface area (Å²) >= 11 is 0. The number of methoxy groups -OCH3 is 1. The highest BCUT2D eigenvalue weighted by molar-refractivity contribution is 5.92. The van der Waals surface area contributed by atoms with Crippen molar-refractivity contribution in [3.8, 4) is 0 Å². The van der Waals surface area contributed by atoms with Crippen LogP contribution in [0.3, 0.4) is 0 Å². The Hall–Kier alpha value is -1.71. The predicted octanol–water partition coefficient (Wildman–Crippen LogP) is 3.29. The van der Waals surface area contributed by atoms with Crippen molar-refractivity contribution in [1.29, 1.82) is 0 Å². The minimum atomic E-state index is -0.335. The maximum atomic E-state index is 11.6. The van der Waals surface area contributed by atoms with Crippen molar-refractivity contribution in [3.05, 3.63) is 23.8 Å². The quantitative estimate of drug-likeness (QED) is 0.657. The predicted molar refractivity (Wildman–Crippen MR) is 81.8 cm³/mol. The van der Waals surface area contributed by atoms with Crippen molar-refractivity contribution in [2.75, 3.05) is 18.2 Å². The standard InChI is InChI=1S/C16H24N2O2/c1-10-6-11(2)8-13(7-10)18-15-9-12(16(19)20-3)4-5-14(15)17/h4-5,9-11,13,18H,6-8,17H2,1-3H3. The molecule has 4 nitrogen and oxygen atoms in total. The van der Waals surface area contributed by atoms with Gasteiger partial charge in [-0.25, -0.2) is 4.79 Å². The van der Waals surface area contributed by atoms with Crippen LogP contribution < -0.4 is 11.1 Å². The summed E-state index contributed by atoms with van der Waals surface area (Å²) in [6.45, 7) is 4.58. The van der Waals surface area contributed by atoms with Crippen LogP contribution in [0.1, 0.15) is 43.5 Å². The highest BCUT2D eigenvalue weighted by atomic mass is 16.5. The summed E-state index contributed by atoms with van der Waals surface area (Å²) in [5.41, 5.74) is 8.03. The second-order valence-corrected chi connectivity index (χ2v) is 6.05. The second-order valence-electron chi connectivity index (χ2n) is 6.05. The average Bonchev–Trinajstić information content (AvgIpc) is 2.39. The van der Waals surface area contributed by atoms with Crippen LogP contribution in [0.2, 0.25) is 0 Å². The molecule has 0 heterocycles. The molecule has 1 fully saturated rings. The van der Waals surface area contributed by atoms with Crippen LogP contribution in [-0.2, 0) is 4.74 Å². The Kier molecular flexibility index (Phi) is 4.53. The van der Waals surface area contributed by atoms with Gasteiger partial charge in [0, 0.05) is 6.04 Å². The number of carbonyl (C=O) groups is 1. The first kappa shape index (κ1) is 14.7. The minimum Gasteiger partial charge on any atom is -0.465 e. The Labute approximate surface area is 120 Å². The molecule has 3 N–H and O–H groups in total. The highest BCUT2D eigenvalue weighted by Gasteiger charge is 2.24. The molecule has 0 radical (unpaired) electrons. The van der Waals surface area contributed by atoms with Crippen LogP contribution in [0.25, 0.3) is 0 Å². The second kappa shape index (κ2) is 6.16. The van der Waals surface area contributed by atoms with E-state index in [-0.39, 0.29) is 5.97 Å². The van der Waals surface area contributed by atoms with Gasteiger partial charge in [-0.15, -0.1) is 0 Å². The fourth-order valence-corrected chi connectivity index (χ4v) is 3.21. The van der Waals surface area contributed by atoms with Gasteiger partial charge >= 0.3 is 5.97 Å². The van der Waals surface area contributed by atoms with E-state index in [4.69, 9.17) is 10.5 Å². The molecular formula is C16H24N2O2. The molecule has 1 aliphatic carbocycles. The van der Waals surface area contributed by atoms with E-state index in [2.05, 4.69) is 19.2 Å². The molecule has 110 valence electrons. The molecule has 1 aromatic rings. The van der Waals surface area contributed by atoms with Gasteiger partial charge in [0.1, 0.15) is 0 Å². The molecule has 0 saturated heterocycles. The normalized spacial score (nSPS) is 26.1. The third-order valence-electron chi connectivity index (χ3n) is 4.01. The number of hydrogen-bond donors (Lipinski definition) is 2. The highest BCUT2D eigenvalue weighted by Crippen LogP contribution is 2.32. The number of rotatable bonds is 3. The molecule has 0 spiro atoms. The molecule has 2 rings (SSSR count). The van der Waals surface area contributed by atoms with E-state index in [1.165, 1.54) is 13.5 Å². The van der Waals surface area contributed by atoms with Gasteiger partial charge in [0.2, 0.25) is 0 Å². The van der Waals surface area contributed by atoms with Crippen LogP contribution in [0.4, 0.5) is 11.4 Å². The Balaban J connectivity index is 2.13. The van der Waals surface area contributed by atoms with Crippen molar-refractivity contribution in [3.63, 3.8) is 0 Å². The van der Waals surface area contributed by atoms with Gasteiger partial charge in [-0.2, -0.15) is 0 Å². The molecule has 1 aromatic carbocycles. The lowest BCUT2D eigenvalue weighted by Crippen LogP contribution is -2.30. The Morgan fingerprint density at radius 1 is 1.25 bits per heavy atom. The molecule has 0 aromatic heterocycles. The molecule has 1 saturated carbocycles. The zero-order valence-electron chi connectivity index (χ0n) is 12.5. The first-order chi connectivity index (χ1) is 9.49. The molecule has 2 atom stereocenters. The van der Waals surface area contributed by atoms with Gasteiger partial charge in [-0.05, 0) is 49.3 Å². The lowest BCUT2D eigenvalue weighted by atomic mass is 9.80. The fourth-order valence-electron chi connectivity index (χ4n) is 3.21. The molecule has 0 aliphatic heterocycles. The first-order valence-corrected chi connectivity index (χ1v) is 7.24. The third kappa shape index (κ3) is 3.44. The molecule has 4 heteroatoms. The average molecular weight is 276 g/mol. The van der Waals surface area contributed by atoms with E-state index in [0.717, 1.165) is 30.4 Å². The molecule has 0 bridgehead atoms. The number of esters is 1. The summed E-state index contributed by atoms with van der Waals surface area (Å²) in [6, 6.07) is 5.65. The smallest absolute Gasteiger partial charge is 0.337 e. The maximum Gasteiger partial charge on any atom is 0.337 e. The van der Waals surface area contributed by atoms with E-state index < -0.39 is 0 Å². The van der Waals surface area contributed by atoms with Gasteiger partial charge in [0.05, 0.1) is 24.0 Å². The Bertz CT molecular complexity index is 477. The lowest BCUT2D eigenvalue weighted by molar-refractivity contribution is 0.0601. The van der Waals surface area contributed by atoms with Crippen molar-refractivity contribution in [1.82, 2.24) is 0 Å². The summed E-state index contributed by atoms with van der Waals surface area (Å²) in [6.07, 6.45) is 3.58. The Morgan fingerprint density at radius 2 is 1.90 bits per heavy atom. The summed E-state index contributed by atoms with van der Waals surface area (Å²) < 4.78 is 4.75. The van der Waals surface area contributed by atoms with Crippen LogP contribution >= 0.6 is 0 Å². The lowest BCUT2D eigenvalue weighted by Gasteiger charge is -2.33. The minimum absolute atomic E-state index is 0.335. The van der Waals surface area contributed by atoms with E-state index in [9.17, 15) is 4.79 Å². The molecule has 2 unspecified atom stereocenters. The summed E-state index contributed by atoms with van der Waals surface area (Å²) in [5.74, 6) is 1.11. The zero-order chi connectivity index (χ0) is 14.7. The van der Waals surface area contributed by atoms with Crippen LogP contribution in [0.5, 0.6) is 0 Å². The van der Waals surface area contributed by atoms with E-state index >= 15 is 0 Å². The molecule has 1 aliphatic rings. The van der Waals surface area contributed by atoms with Crippen molar-refractivity contribution in [2.24, 2.45) is 11.8 Å².